The molecule has 2 N–H and O–H groups in total. The molecule has 0 spiro atoms. The van der Waals surface area contributed by atoms with E-state index in [-0.39, 0.29) is 25.5 Å². The van der Waals surface area contributed by atoms with E-state index in [4.69, 9.17) is 9.47 Å². The highest BCUT2D eigenvalue weighted by Gasteiger charge is 2.27. The number of aliphatic hydroxyl groups excluding tert-OH is 1. The second-order valence-electron chi connectivity index (χ2n) is 7.18. The lowest BCUT2D eigenvalue weighted by molar-refractivity contribution is -0.174. The number of ether oxygens (including phenoxy) is 2. The SMILES string of the molecule is CC[C@H](O)CNc1nc2cnc(-c3ccc(OC)nc3)cc2n(CCOCC(F)(F)F)c1=O. The van der Waals surface area contributed by atoms with Crippen LogP contribution in [0.25, 0.3) is 22.3 Å². The van der Waals surface area contributed by atoms with Crippen LogP contribution >= 0.6 is 0 Å². The first-order valence-corrected chi connectivity index (χ1v) is 10.2. The Labute approximate surface area is 187 Å². The molecule has 0 unspecified atom stereocenters. The summed E-state index contributed by atoms with van der Waals surface area (Å²) in [6.07, 6.45) is -1.66. The van der Waals surface area contributed by atoms with Crippen molar-refractivity contribution in [1.29, 1.82) is 0 Å². The summed E-state index contributed by atoms with van der Waals surface area (Å²) >= 11 is 0. The topological polar surface area (TPSA) is 111 Å². The second kappa shape index (κ2) is 10.6. The van der Waals surface area contributed by atoms with Crippen molar-refractivity contribution in [3.05, 3.63) is 40.9 Å². The van der Waals surface area contributed by atoms with E-state index < -0.39 is 24.4 Å². The molecule has 178 valence electrons. The minimum atomic E-state index is -4.47. The average Bonchev–Trinajstić information content (AvgIpc) is 2.80. The molecule has 1 atom stereocenters. The molecule has 3 aromatic rings. The van der Waals surface area contributed by atoms with Crippen LogP contribution in [-0.4, -0.2) is 63.8 Å². The van der Waals surface area contributed by atoms with E-state index in [1.807, 2.05) is 0 Å². The van der Waals surface area contributed by atoms with Gasteiger partial charge in [0.1, 0.15) is 12.1 Å². The van der Waals surface area contributed by atoms with E-state index in [2.05, 4.69) is 20.3 Å². The fourth-order valence-corrected chi connectivity index (χ4v) is 3.00. The molecule has 9 nitrogen and oxygen atoms in total. The summed E-state index contributed by atoms with van der Waals surface area (Å²) in [5.41, 5.74) is 1.32. The summed E-state index contributed by atoms with van der Waals surface area (Å²) in [4.78, 5) is 25.8. The molecule has 0 aliphatic rings. The number of methoxy groups -OCH3 is 1. The predicted molar refractivity (Wildman–Crippen MR) is 115 cm³/mol. The lowest BCUT2D eigenvalue weighted by Crippen LogP contribution is -2.30. The van der Waals surface area contributed by atoms with Gasteiger partial charge in [0.15, 0.2) is 5.82 Å². The van der Waals surface area contributed by atoms with Gasteiger partial charge in [-0.3, -0.25) is 9.78 Å². The molecular weight excluding hydrogens is 443 g/mol. The van der Waals surface area contributed by atoms with Gasteiger partial charge in [-0.25, -0.2) is 9.97 Å². The molecule has 33 heavy (non-hydrogen) atoms. The van der Waals surface area contributed by atoms with Crippen LogP contribution in [0.2, 0.25) is 0 Å². The van der Waals surface area contributed by atoms with E-state index in [9.17, 15) is 23.1 Å². The summed E-state index contributed by atoms with van der Waals surface area (Å²) < 4.78 is 48.3. The number of nitrogens with zero attached hydrogens (tertiary/aromatic N) is 4. The Hall–Kier alpha value is -3.25. The van der Waals surface area contributed by atoms with Gasteiger partial charge in [0.05, 0.1) is 37.2 Å². The standard InChI is InChI=1S/C21H24F3N5O4/c1-3-14(30)10-27-19-20(31)29(6-7-33-12-21(22,23)24)17-8-15(25-11-16(17)28-19)13-4-5-18(32-2)26-9-13/h4-5,8-9,11,14,30H,3,6-7,10,12H2,1-2H3,(H,27,28)/t14-/m0/s1. The zero-order valence-electron chi connectivity index (χ0n) is 18.1. The molecule has 12 heteroatoms. The lowest BCUT2D eigenvalue weighted by Gasteiger charge is -2.15. The molecule has 0 fully saturated rings. The van der Waals surface area contributed by atoms with Crippen molar-refractivity contribution in [2.45, 2.75) is 32.2 Å². The minimum absolute atomic E-state index is 0.0357. The van der Waals surface area contributed by atoms with Crippen molar-refractivity contribution in [2.75, 3.05) is 32.2 Å². The van der Waals surface area contributed by atoms with E-state index in [1.165, 1.54) is 17.9 Å². The third-order valence-corrected chi connectivity index (χ3v) is 4.78. The number of halogens is 3. The van der Waals surface area contributed by atoms with E-state index in [0.717, 1.165) is 0 Å². The van der Waals surface area contributed by atoms with Gasteiger partial charge >= 0.3 is 6.18 Å². The molecule has 0 aliphatic heterocycles. The third-order valence-electron chi connectivity index (χ3n) is 4.78. The maximum atomic E-state index is 13.0. The highest BCUT2D eigenvalue weighted by Crippen LogP contribution is 2.22. The van der Waals surface area contributed by atoms with Crippen molar-refractivity contribution >= 4 is 16.9 Å². The normalized spacial score (nSPS) is 12.7. The summed E-state index contributed by atoms with van der Waals surface area (Å²) in [5.74, 6) is 0.386. The Morgan fingerprint density at radius 3 is 2.67 bits per heavy atom. The van der Waals surface area contributed by atoms with Gasteiger partial charge in [0.25, 0.3) is 5.56 Å². The van der Waals surface area contributed by atoms with Gasteiger partial charge in [-0.05, 0) is 18.6 Å². The van der Waals surface area contributed by atoms with Crippen LogP contribution in [0.4, 0.5) is 19.0 Å². The number of hydrogen-bond acceptors (Lipinski definition) is 8. The van der Waals surface area contributed by atoms with E-state index >= 15 is 0 Å². The number of alkyl halides is 3. The molecule has 3 rings (SSSR count). The van der Waals surface area contributed by atoms with Crippen LogP contribution in [-0.2, 0) is 11.3 Å². The molecule has 0 aliphatic carbocycles. The van der Waals surface area contributed by atoms with Crippen LogP contribution in [0.15, 0.2) is 35.4 Å². The van der Waals surface area contributed by atoms with E-state index in [0.29, 0.717) is 34.6 Å². The fraction of sp³-hybridized carbons (Fsp3) is 0.429. The zero-order chi connectivity index (χ0) is 24.0. The summed E-state index contributed by atoms with van der Waals surface area (Å²) in [6.45, 7) is -0.00276. The summed E-state index contributed by atoms with van der Waals surface area (Å²) in [6, 6.07) is 5.01. The zero-order valence-corrected chi connectivity index (χ0v) is 18.1. The summed E-state index contributed by atoms with van der Waals surface area (Å²) in [5, 5.41) is 12.6. The number of nitrogens with one attached hydrogen (secondary N) is 1. The average molecular weight is 467 g/mol. The van der Waals surface area contributed by atoms with Gasteiger partial charge in [0.2, 0.25) is 5.88 Å². The van der Waals surface area contributed by atoms with Crippen molar-refractivity contribution in [3.8, 4) is 17.1 Å². The molecule has 0 radical (unpaired) electrons. The fourth-order valence-electron chi connectivity index (χ4n) is 3.00. The number of fused-ring (bicyclic) bond motifs is 1. The van der Waals surface area contributed by atoms with Crippen LogP contribution < -0.4 is 15.6 Å². The molecule has 3 heterocycles. The number of anilines is 1. The van der Waals surface area contributed by atoms with Crippen LogP contribution in [0.5, 0.6) is 5.88 Å². The lowest BCUT2D eigenvalue weighted by atomic mass is 10.2. The first kappa shape index (κ1) is 24.4. The van der Waals surface area contributed by atoms with Crippen molar-refractivity contribution in [1.82, 2.24) is 19.5 Å². The second-order valence-corrected chi connectivity index (χ2v) is 7.18. The van der Waals surface area contributed by atoms with E-state index in [1.54, 1.807) is 31.3 Å². The van der Waals surface area contributed by atoms with Gasteiger partial charge in [-0.15, -0.1) is 0 Å². The number of hydrogen-bond donors (Lipinski definition) is 2. The minimum Gasteiger partial charge on any atom is -0.481 e. The molecule has 3 aromatic heterocycles. The molecule has 0 aromatic carbocycles. The van der Waals surface area contributed by atoms with Crippen LogP contribution in [0.3, 0.4) is 0 Å². The molecule has 0 saturated heterocycles. The number of pyridine rings is 2. The number of rotatable bonds is 10. The largest absolute Gasteiger partial charge is 0.481 e. The first-order chi connectivity index (χ1) is 15.7. The summed E-state index contributed by atoms with van der Waals surface area (Å²) in [7, 11) is 1.49. The molecule has 0 bridgehead atoms. The maximum absolute atomic E-state index is 13.0. The van der Waals surface area contributed by atoms with Crippen LogP contribution in [0, 0.1) is 0 Å². The molecular formula is C21H24F3N5O4. The van der Waals surface area contributed by atoms with Crippen LogP contribution in [0.1, 0.15) is 13.3 Å². The smallest absolute Gasteiger partial charge is 0.411 e. The molecule has 0 amide bonds. The van der Waals surface area contributed by atoms with Gasteiger partial charge in [-0.2, -0.15) is 13.2 Å². The Bertz CT molecular complexity index is 1140. The van der Waals surface area contributed by atoms with Crippen molar-refractivity contribution < 1.29 is 27.8 Å². The Morgan fingerprint density at radius 2 is 2.03 bits per heavy atom. The predicted octanol–water partition coefficient (Wildman–Crippen LogP) is 2.62. The number of aliphatic hydroxyl groups is 1. The monoisotopic (exact) mass is 467 g/mol. The third kappa shape index (κ3) is 6.39. The van der Waals surface area contributed by atoms with Gasteiger partial charge in [-0.1, -0.05) is 6.92 Å². The maximum Gasteiger partial charge on any atom is 0.411 e. The Morgan fingerprint density at radius 1 is 1.24 bits per heavy atom. The van der Waals surface area contributed by atoms with Crippen molar-refractivity contribution in [3.63, 3.8) is 0 Å². The Kier molecular flexibility index (Phi) is 7.82. The Balaban J connectivity index is 1.99. The quantitative estimate of drug-likeness (QED) is 0.438. The van der Waals surface area contributed by atoms with Gasteiger partial charge in [0, 0.05) is 30.9 Å². The van der Waals surface area contributed by atoms with Crippen molar-refractivity contribution in [2.24, 2.45) is 0 Å². The first-order valence-electron chi connectivity index (χ1n) is 10.2. The molecule has 0 saturated carbocycles. The van der Waals surface area contributed by atoms with Gasteiger partial charge < -0.3 is 24.5 Å². The highest BCUT2D eigenvalue weighted by atomic mass is 19.4. The highest BCUT2D eigenvalue weighted by molar-refractivity contribution is 5.80. The number of aromatic nitrogens is 4.